The first-order valence-corrected chi connectivity index (χ1v) is 4.78. The summed E-state index contributed by atoms with van der Waals surface area (Å²) in [5, 5.41) is 3.81. The Hall–Kier alpha value is -2.25. The molecule has 1 heterocycles. The van der Waals surface area contributed by atoms with Crippen LogP contribution in [-0.2, 0) is 10.9 Å². The monoisotopic (exact) mass is 259 g/mol. The molecule has 0 amide bonds. The van der Waals surface area contributed by atoms with Crippen molar-refractivity contribution in [1.29, 1.82) is 0 Å². The maximum absolute atomic E-state index is 12.5. The standard InChI is InChI=1S/C10H8F3N3O2/c1-18-9(17)16-8(14)6-4-5(10(11,12)13)2-3-7(6)15-16/h2-4H,14H2,1H3. The fraction of sp³-hybridized carbons (Fsp3) is 0.200. The lowest BCUT2D eigenvalue weighted by atomic mass is 10.1. The van der Waals surface area contributed by atoms with E-state index in [1.54, 1.807) is 0 Å². The van der Waals surface area contributed by atoms with Gasteiger partial charge in [0.25, 0.3) is 0 Å². The number of alkyl halides is 3. The minimum atomic E-state index is -4.48. The van der Waals surface area contributed by atoms with Crippen LogP contribution in [0.4, 0.5) is 23.8 Å². The number of nitrogens with zero attached hydrogens (tertiary/aromatic N) is 2. The third-order valence-corrected chi connectivity index (χ3v) is 2.38. The molecule has 2 N–H and O–H groups in total. The molecule has 2 aromatic rings. The van der Waals surface area contributed by atoms with Gasteiger partial charge in [-0.2, -0.15) is 18.3 Å². The first-order chi connectivity index (χ1) is 8.34. The number of ether oxygens (including phenoxy) is 1. The average molecular weight is 259 g/mol. The van der Waals surface area contributed by atoms with E-state index in [9.17, 15) is 18.0 Å². The largest absolute Gasteiger partial charge is 0.451 e. The number of hydrogen-bond acceptors (Lipinski definition) is 4. The Morgan fingerprint density at radius 3 is 2.67 bits per heavy atom. The van der Waals surface area contributed by atoms with Gasteiger partial charge in [-0.05, 0) is 18.2 Å². The van der Waals surface area contributed by atoms with Gasteiger partial charge >= 0.3 is 12.3 Å². The highest BCUT2D eigenvalue weighted by molar-refractivity contribution is 5.93. The summed E-state index contributed by atoms with van der Waals surface area (Å²) >= 11 is 0. The SMILES string of the molecule is COC(=O)n1nc2ccc(C(F)(F)F)cc2c1N. The lowest BCUT2D eigenvalue weighted by molar-refractivity contribution is -0.137. The zero-order valence-electron chi connectivity index (χ0n) is 9.15. The Bertz CT molecular complexity index is 619. The van der Waals surface area contributed by atoms with Crippen LogP contribution in [0, 0.1) is 0 Å². The van der Waals surface area contributed by atoms with E-state index in [1.165, 1.54) is 0 Å². The van der Waals surface area contributed by atoms with E-state index in [0.717, 1.165) is 25.3 Å². The van der Waals surface area contributed by atoms with Gasteiger partial charge in [0.1, 0.15) is 5.82 Å². The zero-order chi connectivity index (χ0) is 13.5. The van der Waals surface area contributed by atoms with Crippen LogP contribution in [0.15, 0.2) is 18.2 Å². The van der Waals surface area contributed by atoms with Gasteiger partial charge in [0.05, 0.1) is 18.2 Å². The number of halogens is 3. The van der Waals surface area contributed by atoms with E-state index in [0.29, 0.717) is 4.68 Å². The molecular formula is C10H8F3N3O2. The molecular weight excluding hydrogens is 251 g/mol. The van der Waals surface area contributed by atoms with Crippen molar-refractivity contribution in [2.75, 3.05) is 12.8 Å². The van der Waals surface area contributed by atoms with Gasteiger partial charge in [-0.15, -0.1) is 4.68 Å². The van der Waals surface area contributed by atoms with Gasteiger partial charge in [-0.3, -0.25) is 0 Å². The van der Waals surface area contributed by atoms with Crippen LogP contribution < -0.4 is 5.73 Å². The Kier molecular flexibility index (Phi) is 2.64. The van der Waals surface area contributed by atoms with E-state index < -0.39 is 17.8 Å². The maximum Gasteiger partial charge on any atom is 0.436 e. The molecule has 0 fully saturated rings. The first-order valence-electron chi connectivity index (χ1n) is 4.78. The predicted molar refractivity (Wildman–Crippen MR) is 57.0 cm³/mol. The number of nitrogen functional groups attached to an aromatic ring is 1. The molecule has 1 aromatic heterocycles. The lowest BCUT2D eigenvalue weighted by Gasteiger charge is -2.05. The maximum atomic E-state index is 12.5. The Morgan fingerprint density at radius 2 is 2.11 bits per heavy atom. The molecule has 0 bridgehead atoms. The highest BCUT2D eigenvalue weighted by Crippen LogP contribution is 2.32. The number of carbonyl (C=O) groups excluding carboxylic acids is 1. The molecule has 2 rings (SSSR count). The number of methoxy groups -OCH3 is 1. The topological polar surface area (TPSA) is 70.1 Å². The number of fused-ring (bicyclic) bond motifs is 1. The van der Waals surface area contributed by atoms with Crippen molar-refractivity contribution < 1.29 is 22.7 Å². The van der Waals surface area contributed by atoms with E-state index in [-0.39, 0.29) is 16.7 Å². The van der Waals surface area contributed by atoms with Gasteiger partial charge in [0.15, 0.2) is 0 Å². The molecule has 1 aromatic carbocycles. The zero-order valence-corrected chi connectivity index (χ0v) is 9.15. The van der Waals surface area contributed by atoms with Gasteiger partial charge in [0, 0.05) is 5.39 Å². The summed E-state index contributed by atoms with van der Waals surface area (Å²) in [6.07, 6.45) is -5.34. The van der Waals surface area contributed by atoms with Crippen LogP contribution in [0.5, 0.6) is 0 Å². The highest BCUT2D eigenvalue weighted by Gasteiger charge is 2.31. The van der Waals surface area contributed by atoms with E-state index >= 15 is 0 Å². The summed E-state index contributed by atoms with van der Waals surface area (Å²) in [7, 11) is 1.12. The molecule has 18 heavy (non-hydrogen) atoms. The normalized spacial score (nSPS) is 11.8. The van der Waals surface area contributed by atoms with Crippen molar-refractivity contribution in [3.05, 3.63) is 23.8 Å². The molecule has 5 nitrogen and oxygen atoms in total. The number of nitrogens with two attached hydrogens (primary N) is 1. The third kappa shape index (κ3) is 1.85. The third-order valence-electron chi connectivity index (χ3n) is 2.38. The Labute approximate surface area is 98.9 Å². The van der Waals surface area contributed by atoms with Crippen molar-refractivity contribution in [1.82, 2.24) is 9.78 Å². The molecule has 0 saturated carbocycles. The predicted octanol–water partition coefficient (Wildman–Crippen LogP) is 2.25. The minimum absolute atomic E-state index is 0.0511. The number of aromatic nitrogens is 2. The summed E-state index contributed by atoms with van der Waals surface area (Å²) in [4.78, 5) is 11.3. The van der Waals surface area contributed by atoms with Gasteiger partial charge < -0.3 is 10.5 Å². The molecule has 96 valence electrons. The van der Waals surface area contributed by atoms with E-state index in [4.69, 9.17) is 5.73 Å². The Morgan fingerprint density at radius 1 is 1.44 bits per heavy atom. The van der Waals surface area contributed by atoms with Crippen molar-refractivity contribution >= 4 is 22.8 Å². The number of rotatable bonds is 0. The number of carbonyl (C=O) groups is 1. The quantitative estimate of drug-likeness (QED) is 0.787. The molecule has 0 aliphatic heterocycles. The fourth-order valence-electron chi connectivity index (χ4n) is 1.51. The second-order valence-electron chi connectivity index (χ2n) is 3.50. The highest BCUT2D eigenvalue weighted by atomic mass is 19.4. The fourth-order valence-corrected chi connectivity index (χ4v) is 1.51. The molecule has 0 aliphatic carbocycles. The van der Waals surface area contributed by atoms with Crippen LogP contribution in [0.3, 0.4) is 0 Å². The summed E-state index contributed by atoms with van der Waals surface area (Å²) in [5.41, 5.74) is 4.89. The van der Waals surface area contributed by atoms with E-state index in [2.05, 4.69) is 9.84 Å². The van der Waals surface area contributed by atoms with Crippen LogP contribution in [0.2, 0.25) is 0 Å². The van der Waals surface area contributed by atoms with E-state index in [1.807, 2.05) is 0 Å². The molecule has 0 unspecified atom stereocenters. The molecule has 0 spiro atoms. The molecule has 0 radical (unpaired) electrons. The minimum Gasteiger partial charge on any atom is -0.451 e. The van der Waals surface area contributed by atoms with Crippen molar-refractivity contribution in [2.24, 2.45) is 0 Å². The Balaban J connectivity index is 2.64. The van der Waals surface area contributed by atoms with Crippen LogP contribution in [0.25, 0.3) is 10.9 Å². The first kappa shape index (κ1) is 12.2. The van der Waals surface area contributed by atoms with Crippen LogP contribution in [0.1, 0.15) is 5.56 Å². The smallest absolute Gasteiger partial charge is 0.436 e. The molecule has 0 aliphatic rings. The molecule has 0 atom stereocenters. The second kappa shape index (κ2) is 3.90. The lowest BCUT2D eigenvalue weighted by Crippen LogP contribution is -2.15. The van der Waals surface area contributed by atoms with Crippen molar-refractivity contribution in [3.63, 3.8) is 0 Å². The summed E-state index contributed by atoms with van der Waals surface area (Å²) < 4.78 is 42.7. The molecule has 0 saturated heterocycles. The number of anilines is 1. The van der Waals surface area contributed by atoms with Crippen LogP contribution in [-0.4, -0.2) is 23.0 Å². The average Bonchev–Trinajstić information content (AvgIpc) is 2.64. The number of hydrogen-bond donors (Lipinski definition) is 1. The van der Waals surface area contributed by atoms with Crippen molar-refractivity contribution in [2.45, 2.75) is 6.18 Å². The van der Waals surface area contributed by atoms with Crippen molar-refractivity contribution in [3.8, 4) is 0 Å². The molecule has 8 heteroatoms. The van der Waals surface area contributed by atoms with Crippen LogP contribution >= 0.6 is 0 Å². The summed E-state index contributed by atoms with van der Waals surface area (Å²) in [5.74, 6) is -0.192. The second-order valence-corrected chi connectivity index (χ2v) is 3.50. The summed E-state index contributed by atoms with van der Waals surface area (Å²) in [6.45, 7) is 0. The van der Waals surface area contributed by atoms with Gasteiger partial charge in [-0.25, -0.2) is 4.79 Å². The van der Waals surface area contributed by atoms with Gasteiger partial charge in [0.2, 0.25) is 0 Å². The number of benzene rings is 1. The van der Waals surface area contributed by atoms with Gasteiger partial charge in [-0.1, -0.05) is 0 Å². The summed E-state index contributed by atoms with van der Waals surface area (Å²) in [6, 6.07) is 2.86.